The van der Waals surface area contributed by atoms with Gasteiger partial charge in [0.25, 0.3) is 11.8 Å². The maximum absolute atomic E-state index is 13.3. The molecule has 6 nitrogen and oxygen atoms in total. The number of nitrogens with one attached hydrogen (secondary N) is 1. The van der Waals surface area contributed by atoms with E-state index in [4.69, 9.17) is 0 Å². The minimum atomic E-state index is -4.88. The molecule has 2 aromatic carbocycles. The number of rotatable bonds is 3. The molecule has 0 bridgehead atoms. The average Bonchev–Trinajstić information content (AvgIpc) is 3.32. The Morgan fingerprint density at radius 2 is 1.87 bits per heavy atom. The van der Waals surface area contributed by atoms with E-state index in [-0.39, 0.29) is 11.6 Å². The number of benzene rings is 2. The zero-order valence-electron chi connectivity index (χ0n) is 16.2. The molecule has 1 aliphatic heterocycles. The highest BCUT2D eigenvalue weighted by molar-refractivity contribution is 6.07. The second kappa shape index (κ2) is 7.53. The van der Waals surface area contributed by atoms with E-state index in [2.05, 4.69) is 10.4 Å². The summed E-state index contributed by atoms with van der Waals surface area (Å²) in [5.74, 6) is -2.36. The molecule has 0 spiro atoms. The molecule has 0 saturated heterocycles. The number of hydrogen-bond donors (Lipinski definition) is 1. The van der Waals surface area contributed by atoms with Crippen LogP contribution in [0.4, 0.5) is 28.9 Å². The Bertz CT molecular complexity index is 1190. The Balaban J connectivity index is 1.56. The standard InChI is InChI=1S/C21H16F4N4O2/c1-28-8-7-17(27-28)20(31)29-9-6-12-10-14(3-5-18(12)29)26-19(30)15-4-2-13(22)11-16(15)21(23,24)25/h2-5,7-8,10-11H,6,9H2,1H3,(H,26,30). The number of aryl methyl sites for hydroxylation is 1. The Hall–Kier alpha value is -3.69. The van der Waals surface area contributed by atoms with Crippen molar-refractivity contribution in [1.82, 2.24) is 9.78 Å². The van der Waals surface area contributed by atoms with Crippen molar-refractivity contribution >= 4 is 23.2 Å². The molecule has 1 aliphatic rings. The van der Waals surface area contributed by atoms with Crippen LogP contribution in [-0.4, -0.2) is 28.1 Å². The molecule has 0 radical (unpaired) electrons. The number of alkyl halides is 3. The SMILES string of the molecule is Cn1ccc(C(=O)N2CCc3cc(NC(=O)c4ccc(F)cc4C(F)(F)F)ccc32)n1. The lowest BCUT2D eigenvalue weighted by molar-refractivity contribution is -0.138. The van der Waals surface area contributed by atoms with E-state index >= 15 is 0 Å². The third-order valence-electron chi connectivity index (χ3n) is 4.94. The Kier molecular flexibility index (Phi) is 5.00. The van der Waals surface area contributed by atoms with Crippen molar-refractivity contribution in [3.8, 4) is 0 Å². The molecule has 0 aliphatic carbocycles. The van der Waals surface area contributed by atoms with Gasteiger partial charge in [-0.1, -0.05) is 0 Å². The van der Waals surface area contributed by atoms with Gasteiger partial charge in [0, 0.05) is 31.2 Å². The smallest absolute Gasteiger partial charge is 0.322 e. The topological polar surface area (TPSA) is 67.2 Å². The minimum Gasteiger partial charge on any atom is -0.322 e. The number of nitrogens with zero attached hydrogens (tertiary/aromatic N) is 3. The molecule has 0 atom stereocenters. The highest BCUT2D eigenvalue weighted by atomic mass is 19.4. The summed E-state index contributed by atoms with van der Waals surface area (Å²) in [5, 5.41) is 6.52. The van der Waals surface area contributed by atoms with Crippen LogP contribution < -0.4 is 10.2 Å². The van der Waals surface area contributed by atoms with E-state index in [1.165, 1.54) is 10.7 Å². The fourth-order valence-corrected chi connectivity index (χ4v) is 3.51. The number of amides is 2. The number of carbonyl (C=O) groups is 2. The summed E-state index contributed by atoms with van der Waals surface area (Å²) >= 11 is 0. The molecule has 31 heavy (non-hydrogen) atoms. The van der Waals surface area contributed by atoms with E-state index in [1.807, 2.05) is 0 Å². The summed E-state index contributed by atoms with van der Waals surface area (Å²) in [6.45, 7) is 0.415. The second-order valence-electron chi connectivity index (χ2n) is 7.07. The average molecular weight is 432 g/mol. The summed E-state index contributed by atoms with van der Waals surface area (Å²) in [6.07, 6.45) is -2.70. The van der Waals surface area contributed by atoms with E-state index in [1.54, 1.807) is 36.3 Å². The molecule has 10 heteroatoms. The number of hydrogen-bond acceptors (Lipinski definition) is 3. The lowest BCUT2D eigenvalue weighted by Gasteiger charge is -2.17. The highest BCUT2D eigenvalue weighted by Crippen LogP contribution is 2.34. The van der Waals surface area contributed by atoms with Crippen molar-refractivity contribution in [1.29, 1.82) is 0 Å². The van der Waals surface area contributed by atoms with Gasteiger partial charge in [0.15, 0.2) is 5.69 Å². The zero-order valence-corrected chi connectivity index (χ0v) is 16.2. The molecule has 3 aromatic rings. The quantitative estimate of drug-likeness (QED) is 0.636. The maximum Gasteiger partial charge on any atom is 0.417 e. The van der Waals surface area contributed by atoms with Gasteiger partial charge >= 0.3 is 6.18 Å². The lowest BCUT2D eigenvalue weighted by Crippen LogP contribution is -2.29. The van der Waals surface area contributed by atoms with E-state index in [0.29, 0.717) is 30.4 Å². The summed E-state index contributed by atoms with van der Waals surface area (Å²) in [5.41, 5.74) is -0.0552. The first-order valence-corrected chi connectivity index (χ1v) is 9.26. The predicted molar refractivity (Wildman–Crippen MR) is 104 cm³/mol. The first-order chi connectivity index (χ1) is 14.6. The van der Waals surface area contributed by atoms with Gasteiger partial charge in [0.1, 0.15) is 5.82 Å². The third kappa shape index (κ3) is 4.00. The van der Waals surface area contributed by atoms with Gasteiger partial charge in [0.05, 0.1) is 11.1 Å². The van der Waals surface area contributed by atoms with Crippen LogP contribution in [0.1, 0.15) is 32.0 Å². The van der Waals surface area contributed by atoms with Crippen molar-refractivity contribution in [2.45, 2.75) is 12.6 Å². The van der Waals surface area contributed by atoms with Crippen LogP contribution >= 0.6 is 0 Å². The molecule has 4 rings (SSSR count). The zero-order chi connectivity index (χ0) is 22.3. The summed E-state index contributed by atoms with van der Waals surface area (Å²) < 4.78 is 54.3. The molecule has 1 N–H and O–H groups in total. The van der Waals surface area contributed by atoms with Crippen LogP contribution in [0, 0.1) is 5.82 Å². The lowest BCUT2D eigenvalue weighted by atomic mass is 10.1. The molecule has 2 heterocycles. The number of aromatic nitrogens is 2. The first-order valence-electron chi connectivity index (χ1n) is 9.26. The van der Waals surface area contributed by atoms with Gasteiger partial charge < -0.3 is 10.2 Å². The van der Waals surface area contributed by atoms with Crippen LogP contribution in [0.5, 0.6) is 0 Å². The molecule has 0 unspecified atom stereocenters. The van der Waals surface area contributed by atoms with Gasteiger partial charge in [-0.3, -0.25) is 14.3 Å². The molecular weight excluding hydrogens is 416 g/mol. The van der Waals surface area contributed by atoms with Gasteiger partial charge in [-0.25, -0.2) is 4.39 Å². The van der Waals surface area contributed by atoms with Crippen molar-refractivity contribution < 1.29 is 27.2 Å². The van der Waals surface area contributed by atoms with Crippen molar-refractivity contribution in [2.24, 2.45) is 7.05 Å². The highest BCUT2D eigenvalue weighted by Gasteiger charge is 2.36. The van der Waals surface area contributed by atoms with Crippen molar-refractivity contribution in [3.05, 3.63) is 76.9 Å². The fourth-order valence-electron chi connectivity index (χ4n) is 3.51. The van der Waals surface area contributed by atoms with Crippen molar-refractivity contribution in [2.75, 3.05) is 16.8 Å². The maximum atomic E-state index is 13.3. The van der Waals surface area contributed by atoms with Crippen LogP contribution in [-0.2, 0) is 19.6 Å². The second-order valence-corrected chi connectivity index (χ2v) is 7.07. The van der Waals surface area contributed by atoms with Crippen LogP contribution in [0.2, 0.25) is 0 Å². The van der Waals surface area contributed by atoms with E-state index in [9.17, 15) is 27.2 Å². The van der Waals surface area contributed by atoms with Crippen molar-refractivity contribution in [3.63, 3.8) is 0 Å². The Labute approximate surface area is 174 Å². The third-order valence-corrected chi connectivity index (χ3v) is 4.94. The van der Waals surface area contributed by atoms with Crippen LogP contribution in [0.25, 0.3) is 0 Å². The van der Waals surface area contributed by atoms with E-state index < -0.39 is 29.0 Å². The fraction of sp³-hybridized carbons (Fsp3) is 0.190. The molecule has 1 aromatic heterocycles. The van der Waals surface area contributed by atoms with Gasteiger partial charge in [0.2, 0.25) is 0 Å². The molecule has 160 valence electrons. The number of carbonyl (C=O) groups excluding carboxylic acids is 2. The number of fused-ring (bicyclic) bond motifs is 1. The Morgan fingerprint density at radius 1 is 1.10 bits per heavy atom. The largest absolute Gasteiger partial charge is 0.417 e. The van der Waals surface area contributed by atoms with Gasteiger partial charge in [-0.15, -0.1) is 0 Å². The van der Waals surface area contributed by atoms with Crippen LogP contribution in [0.15, 0.2) is 48.7 Å². The molecular formula is C21H16F4N4O2. The van der Waals surface area contributed by atoms with Crippen LogP contribution in [0.3, 0.4) is 0 Å². The predicted octanol–water partition coefficient (Wildman–Crippen LogP) is 4.03. The molecule has 0 fully saturated rings. The normalized spacial score (nSPS) is 13.3. The molecule has 2 amide bonds. The van der Waals surface area contributed by atoms with Gasteiger partial charge in [-0.2, -0.15) is 18.3 Å². The van der Waals surface area contributed by atoms with Gasteiger partial charge in [-0.05, 0) is 54.4 Å². The Morgan fingerprint density at radius 3 is 2.55 bits per heavy atom. The minimum absolute atomic E-state index is 0.266. The summed E-state index contributed by atoms with van der Waals surface area (Å²) in [6, 6.07) is 8.22. The number of halogens is 4. The monoisotopic (exact) mass is 432 g/mol. The van der Waals surface area contributed by atoms with E-state index in [0.717, 1.165) is 17.7 Å². The first kappa shape index (κ1) is 20.6. The molecule has 0 saturated carbocycles. The number of anilines is 2. The summed E-state index contributed by atoms with van der Waals surface area (Å²) in [7, 11) is 1.70. The summed E-state index contributed by atoms with van der Waals surface area (Å²) in [4.78, 5) is 26.7.